The molecule has 31 heavy (non-hydrogen) atoms. The van der Waals surface area contributed by atoms with Gasteiger partial charge < -0.3 is 9.88 Å². The Balaban J connectivity index is 1.56. The van der Waals surface area contributed by atoms with Crippen LogP contribution in [0.3, 0.4) is 0 Å². The number of halogens is 1. The number of carbonyl (C=O) groups excluding carboxylic acids is 1. The van der Waals surface area contributed by atoms with Gasteiger partial charge in [-0.1, -0.05) is 30.3 Å². The maximum absolute atomic E-state index is 13.6. The van der Waals surface area contributed by atoms with Crippen molar-refractivity contribution in [1.82, 2.24) is 9.29 Å². The molecule has 0 radical (unpaired) electrons. The monoisotopic (exact) mass is 435 g/mol. The van der Waals surface area contributed by atoms with E-state index in [1.165, 1.54) is 23.8 Å². The van der Waals surface area contributed by atoms with Crippen LogP contribution in [0.1, 0.15) is 33.6 Å². The number of nitrogens with zero attached hydrogens (tertiary/aromatic N) is 2. The van der Waals surface area contributed by atoms with Crippen molar-refractivity contribution in [2.75, 3.05) is 5.32 Å². The average molecular weight is 436 g/mol. The highest BCUT2D eigenvalue weighted by Gasteiger charge is 2.27. The summed E-state index contributed by atoms with van der Waals surface area (Å²) in [5.41, 5.74) is 2.81. The molecule has 1 aliphatic heterocycles. The lowest BCUT2D eigenvalue weighted by molar-refractivity contribution is 0.101. The van der Waals surface area contributed by atoms with Gasteiger partial charge in [0.25, 0.3) is 5.91 Å². The number of carbonyl (C=O) groups is 1. The molecule has 0 spiro atoms. The van der Waals surface area contributed by atoms with Crippen LogP contribution in [-0.4, -0.2) is 16.5 Å². The molecule has 0 saturated heterocycles. The van der Waals surface area contributed by atoms with E-state index in [1.807, 2.05) is 24.4 Å². The number of anilines is 1. The van der Waals surface area contributed by atoms with E-state index in [0.717, 1.165) is 23.3 Å². The highest BCUT2D eigenvalue weighted by atomic mass is 32.2. The number of hydrogen-bond donors (Lipinski definition) is 3. The first-order valence-electron chi connectivity index (χ1n) is 9.91. The van der Waals surface area contributed by atoms with E-state index in [1.54, 1.807) is 17.7 Å². The predicted octanol–water partition coefficient (Wildman–Crippen LogP) is 4.09. The van der Waals surface area contributed by atoms with Crippen LogP contribution in [0.25, 0.3) is 0 Å². The lowest BCUT2D eigenvalue weighted by Crippen LogP contribution is -2.31. The number of hydrogen-bond acceptors (Lipinski definition) is 3. The van der Waals surface area contributed by atoms with Gasteiger partial charge >= 0.3 is 0 Å². The van der Waals surface area contributed by atoms with Crippen molar-refractivity contribution in [2.24, 2.45) is 7.05 Å². The third-order valence-corrected chi connectivity index (χ3v) is 6.74. The van der Waals surface area contributed by atoms with Gasteiger partial charge in [0.15, 0.2) is 0 Å². The Morgan fingerprint density at radius 2 is 2.13 bits per heavy atom. The number of fused-ring (bicyclic) bond motifs is 1. The van der Waals surface area contributed by atoms with Crippen LogP contribution in [0.2, 0.25) is 0 Å². The molecule has 1 amide bonds. The molecule has 6 nitrogen and oxygen atoms in total. The molecule has 1 aliphatic rings. The van der Waals surface area contributed by atoms with Crippen molar-refractivity contribution < 1.29 is 9.18 Å². The van der Waals surface area contributed by atoms with Crippen molar-refractivity contribution in [3.8, 4) is 6.07 Å². The zero-order valence-electron chi connectivity index (χ0n) is 17.0. The summed E-state index contributed by atoms with van der Waals surface area (Å²) in [6.07, 6.45) is 4.15. The van der Waals surface area contributed by atoms with Gasteiger partial charge in [0.1, 0.15) is 17.6 Å². The van der Waals surface area contributed by atoms with Gasteiger partial charge in [-0.3, -0.25) is 9.57 Å². The largest absolute Gasteiger partial charge is 0.345 e. The third kappa shape index (κ3) is 4.43. The van der Waals surface area contributed by atoms with Crippen LogP contribution in [0.5, 0.6) is 0 Å². The van der Waals surface area contributed by atoms with Gasteiger partial charge in [0.2, 0.25) is 0 Å². The van der Waals surface area contributed by atoms with Crippen molar-refractivity contribution >= 4 is 22.5 Å². The summed E-state index contributed by atoms with van der Waals surface area (Å²) in [6.45, 7) is 0. The molecule has 3 aromatic rings. The van der Waals surface area contributed by atoms with E-state index in [9.17, 15) is 9.18 Å². The molecule has 8 heteroatoms. The fraction of sp³-hybridized carbons (Fsp3) is 0.217. The number of aryl methyl sites for hydroxylation is 1. The molecule has 0 bridgehead atoms. The van der Waals surface area contributed by atoms with Crippen LogP contribution in [-0.2, 0) is 30.8 Å². The fourth-order valence-electron chi connectivity index (χ4n) is 3.89. The maximum atomic E-state index is 13.6. The Morgan fingerprint density at radius 1 is 1.35 bits per heavy atom. The van der Waals surface area contributed by atoms with Gasteiger partial charge in [-0.2, -0.15) is 5.26 Å². The molecule has 0 aliphatic carbocycles. The molecule has 4 rings (SSSR count). The molecular formula is C23H22FN5OS. The smallest absolute Gasteiger partial charge is 0.272 e. The van der Waals surface area contributed by atoms with E-state index in [0.29, 0.717) is 17.8 Å². The zero-order chi connectivity index (χ0) is 22.0. The van der Waals surface area contributed by atoms with E-state index >= 15 is 0 Å². The predicted molar refractivity (Wildman–Crippen MR) is 118 cm³/mol. The Morgan fingerprint density at radius 3 is 2.87 bits per heavy atom. The molecule has 2 unspecified atom stereocenters. The fourth-order valence-corrected chi connectivity index (χ4v) is 5.26. The number of aromatic nitrogens is 1. The second kappa shape index (κ2) is 8.84. The molecule has 2 aromatic carbocycles. The first-order valence-corrected chi connectivity index (χ1v) is 11.1. The van der Waals surface area contributed by atoms with Gasteiger partial charge in [-0.05, 0) is 59.5 Å². The van der Waals surface area contributed by atoms with E-state index < -0.39 is 16.7 Å². The second-order valence-corrected chi connectivity index (χ2v) is 8.83. The Bertz CT molecular complexity index is 1200. The van der Waals surface area contributed by atoms with Crippen LogP contribution in [0, 0.1) is 21.9 Å². The van der Waals surface area contributed by atoms with Crippen molar-refractivity contribution in [2.45, 2.75) is 30.2 Å². The maximum Gasteiger partial charge on any atom is 0.272 e. The van der Waals surface area contributed by atoms with Crippen molar-refractivity contribution in [3.05, 3.63) is 82.9 Å². The first kappa shape index (κ1) is 21.0. The summed E-state index contributed by atoms with van der Waals surface area (Å²) in [6, 6.07) is 16.0. The zero-order valence-corrected chi connectivity index (χ0v) is 17.8. The summed E-state index contributed by atoms with van der Waals surface area (Å²) in [4.78, 5) is 13.9. The number of rotatable bonds is 4. The molecule has 0 saturated carbocycles. The minimum Gasteiger partial charge on any atom is -0.345 e. The SMILES string of the molecule is Cn1cc2c(c1C(=O)Nc1ccc(F)c(C#N)c1)CCC(Cc1ccccc1)NS2=N. The molecule has 1 aromatic heterocycles. The number of benzene rings is 2. The molecule has 3 N–H and O–H groups in total. The van der Waals surface area contributed by atoms with Gasteiger partial charge in [0, 0.05) is 25.0 Å². The second-order valence-electron chi connectivity index (χ2n) is 7.54. The number of amides is 1. The van der Waals surface area contributed by atoms with Crippen LogP contribution in [0.4, 0.5) is 10.1 Å². The summed E-state index contributed by atoms with van der Waals surface area (Å²) in [5.74, 6) is -0.959. The van der Waals surface area contributed by atoms with E-state index in [-0.39, 0.29) is 17.5 Å². The summed E-state index contributed by atoms with van der Waals surface area (Å²) < 4.78 is 27.4. The minimum absolute atomic E-state index is 0.121. The van der Waals surface area contributed by atoms with Crippen LogP contribution in [0.15, 0.2) is 59.6 Å². The normalized spacial score (nSPS) is 18.0. The van der Waals surface area contributed by atoms with Gasteiger partial charge in [-0.15, -0.1) is 0 Å². The third-order valence-electron chi connectivity index (χ3n) is 5.38. The Hall–Kier alpha value is -3.28. The first-order chi connectivity index (χ1) is 15.0. The Labute approximate surface area is 182 Å². The summed E-state index contributed by atoms with van der Waals surface area (Å²) in [5, 5.41) is 11.8. The lowest BCUT2D eigenvalue weighted by Gasteiger charge is -2.16. The molecule has 0 fully saturated rings. The van der Waals surface area contributed by atoms with Crippen molar-refractivity contribution in [3.63, 3.8) is 0 Å². The van der Waals surface area contributed by atoms with Crippen molar-refractivity contribution in [1.29, 1.82) is 10.0 Å². The molecule has 2 atom stereocenters. The van der Waals surface area contributed by atoms with Crippen LogP contribution >= 0.6 is 0 Å². The summed E-state index contributed by atoms with van der Waals surface area (Å²) in [7, 11) is 0.845. The standard InChI is InChI=1S/C23H22FN5OS/c1-29-14-21-19(9-7-18(28-31(21)26)11-15-5-3-2-4-6-15)22(29)23(30)27-17-8-10-20(24)16(12-17)13-25/h2-6,8,10,12,14,18H,7,9,11H2,1H3,(H2,26,28)(H,27,30). The highest BCUT2D eigenvalue weighted by Crippen LogP contribution is 2.27. The molecular weight excluding hydrogens is 413 g/mol. The molecule has 158 valence electrons. The van der Waals surface area contributed by atoms with E-state index in [2.05, 4.69) is 22.2 Å². The summed E-state index contributed by atoms with van der Waals surface area (Å²) >= 11 is 0. The van der Waals surface area contributed by atoms with E-state index in [4.69, 9.17) is 10.0 Å². The topological polar surface area (TPSA) is 93.7 Å². The highest BCUT2D eigenvalue weighted by molar-refractivity contribution is 7.84. The quantitative estimate of drug-likeness (QED) is 0.576. The van der Waals surface area contributed by atoms with Gasteiger partial charge in [-0.25, -0.2) is 9.11 Å². The minimum atomic E-state index is -0.940. The number of nitriles is 1. The molecule has 2 heterocycles. The lowest BCUT2D eigenvalue weighted by atomic mass is 9.99. The average Bonchev–Trinajstić information content (AvgIpc) is 3.02. The Kier molecular flexibility index (Phi) is 5.98. The van der Waals surface area contributed by atoms with Crippen LogP contribution < -0.4 is 10.0 Å². The van der Waals surface area contributed by atoms with Gasteiger partial charge in [0.05, 0.1) is 10.5 Å². The number of nitrogens with one attached hydrogen (secondary N) is 3.